The van der Waals surface area contributed by atoms with Crippen molar-refractivity contribution >= 4 is 23.4 Å². The van der Waals surface area contributed by atoms with Gasteiger partial charge in [-0.25, -0.2) is 4.79 Å². The predicted molar refractivity (Wildman–Crippen MR) is 172 cm³/mol. The second-order valence-corrected chi connectivity index (χ2v) is 11.1. The maximum absolute atomic E-state index is 14.6. The Kier molecular flexibility index (Phi) is 10.0. The molecule has 2 aliphatic rings. The van der Waals surface area contributed by atoms with Crippen molar-refractivity contribution < 1.29 is 38.3 Å². The molecular weight excluding hydrogens is 604 g/mol. The van der Waals surface area contributed by atoms with Gasteiger partial charge >= 0.3 is 17.6 Å². The molecule has 1 N–H and O–H groups in total. The largest absolute Gasteiger partial charge is 0.496 e. The fraction of sp³-hybridized carbons (Fsp3) is 0.306. The van der Waals surface area contributed by atoms with E-state index in [0.717, 1.165) is 5.56 Å². The third-order valence-electron chi connectivity index (χ3n) is 8.37. The lowest BCUT2D eigenvalue weighted by molar-refractivity contribution is -0.385. The topological polar surface area (TPSA) is 143 Å². The molecule has 0 saturated carbocycles. The molecule has 0 radical (unpaired) electrons. The summed E-state index contributed by atoms with van der Waals surface area (Å²) in [6, 6.07) is 20.6. The first-order valence-electron chi connectivity index (χ1n) is 15.4. The van der Waals surface area contributed by atoms with Crippen LogP contribution in [-0.4, -0.2) is 43.0 Å². The third-order valence-corrected chi connectivity index (χ3v) is 8.37. The molecule has 1 heterocycles. The zero-order chi connectivity index (χ0) is 33.7. The Morgan fingerprint density at radius 1 is 0.936 bits per heavy atom. The fourth-order valence-corrected chi connectivity index (χ4v) is 6.34. The number of benzene rings is 3. The molecule has 0 aromatic heterocycles. The molecule has 1 aliphatic heterocycles. The first kappa shape index (κ1) is 32.9. The van der Waals surface area contributed by atoms with Crippen molar-refractivity contribution in [1.29, 1.82) is 0 Å². The van der Waals surface area contributed by atoms with Gasteiger partial charge in [0.05, 0.1) is 30.8 Å². The maximum Gasteiger partial charge on any atom is 0.336 e. The standard InChI is InChI=1S/C36H36N2O9/c1-5-45-35(40)30-21(3)37-26-19-25(22-12-8-7-9-13-22)32(36(41)46-6-2)34(39)33(26)31(30)23-16-17-28(44-4)24(18-23)20-47-29-15-11-10-14-27(29)38(42)43/h7-18,25,31-32,37H,5-6,19-20H2,1-4H3/t25-,31+,32-/m0/s1. The van der Waals surface area contributed by atoms with E-state index in [1.807, 2.05) is 30.3 Å². The van der Waals surface area contributed by atoms with Gasteiger partial charge in [-0.3, -0.25) is 19.7 Å². The van der Waals surface area contributed by atoms with Crippen LogP contribution < -0.4 is 14.8 Å². The number of para-hydroxylation sites is 2. The summed E-state index contributed by atoms with van der Waals surface area (Å²) in [4.78, 5) is 52.6. The molecule has 3 atom stereocenters. The van der Waals surface area contributed by atoms with Gasteiger partial charge in [0, 0.05) is 40.4 Å². The molecule has 0 spiro atoms. The number of hydrogen-bond donors (Lipinski definition) is 1. The van der Waals surface area contributed by atoms with Crippen LogP contribution in [0, 0.1) is 16.0 Å². The molecule has 0 bridgehead atoms. The van der Waals surface area contributed by atoms with Crippen molar-refractivity contribution in [2.45, 2.75) is 45.6 Å². The summed E-state index contributed by atoms with van der Waals surface area (Å²) in [7, 11) is 1.49. The number of hydrogen-bond acceptors (Lipinski definition) is 10. The van der Waals surface area contributed by atoms with Crippen LogP contribution in [0.1, 0.15) is 55.7 Å². The van der Waals surface area contributed by atoms with Crippen molar-refractivity contribution in [3.8, 4) is 11.5 Å². The number of nitrogens with zero attached hydrogens (tertiary/aromatic N) is 1. The quantitative estimate of drug-likeness (QED) is 0.117. The lowest BCUT2D eigenvalue weighted by Gasteiger charge is -2.39. The van der Waals surface area contributed by atoms with E-state index in [0.29, 0.717) is 34.7 Å². The predicted octanol–water partition coefficient (Wildman–Crippen LogP) is 5.90. The highest BCUT2D eigenvalue weighted by atomic mass is 16.6. The Labute approximate surface area is 272 Å². The van der Waals surface area contributed by atoms with Crippen molar-refractivity contribution in [3.05, 3.63) is 122 Å². The fourth-order valence-electron chi connectivity index (χ4n) is 6.34. The lowest BCUT2D eigenvalue weighted by atomic mass is 9.67. The maximum atomic E-state index is 14.6. The molecule has 11 heteroatoms. The van der Waals surface area contributed by atoms with E-state index in [4.69, 9.17) is 18.9 Å². The number of dihydropyridines is 1. The van der Waals surface area contributed by atoms with E-state index in [-0.39, 0.29) is 42.4 Å². The number of ketones is 1. The highest BCUT2D eigenvalue weighted by Gasteiger charge is 2.49. The average molecular weight is 641 g/mol. The molecule has 47 heavy (non-hydrogen) atoms. The van der Waals surface area contributed by atoms with Crippen molar-refractivity contribution in [1.82, 2.24) is 5.32 Å². The van der Waals surface area contributed by atoms with Gasteiger partial charge in [0.25, 0.3) is 0 Å². The smallest absolute Gasteiger partial charge is 0.336 e. The van der Waals surface area contributed by atoms with E-state index in [1.165, 1.54) is 19.2 Å². The van der Waals surface area contributed by atoms with E-state index in [2.05, 4.69) is 5.32 Å². The number of ether oxygens (including phenoxy) is 4. The molecule has 1 aliphatic carbocycles. The second-order valence-electron chi connectivity index (χ2n) is 11.1. The molecule has 0 unspecified atom stereocenters. The van der Waals surface area contributed by atoms with Crippen molar-refractivity contribution in [2.75, 3.05) is 20.3 Å². The van der Waals surface area contributed by atoms with Gasteiger partial charge in [0.2, 0.25) is 0 Å². The Bertz CT molecular complexity index is 1760. The van der Waals surface area contributed by atoms with Gasteiger partial charge < -0.3 is 24.3 Å². The zero-order valence-corrected chi connectivity index (χ0v) is 26.6. The minimum atomic E-state index is -1.14. The summed E-state index contributed by atoms with van der Waals surface area (Å²) in [5.41, 5.74) is 3.35. The number of carbonyl (C=O) groups excluding carboxylic acids is 3. The number of nitro benzene ring substituents is 1. The van der Waals surface area contributed by atoms with E-state index in [1.54, 1.807) is 51.1 Å². The lowest BCUT2D eigenvalue weighted by Crippen LogP contribution is -2.43. The van der Waals surface area contributed by atoms with Crippen LogP contribution in [-0.2, 0) is 30.5 Å². The molecule has 0 saturated heterocycles. The van der Waals surface area contributed by atoms with Gasteiger partial charge in [0.15, 0.2) is 11.5 Å². The van der Waals surface area contributed by atoms with E-state index < -0.39 is 40.4 Å². The van der Waals surface area contributed by atoms with Crippen LogP contribution in [0.5, 0.6) is 11.5 Å². The van der Waals surface area contributed by atoms with Gasteiger partial charge in [-0.15, -0.1) is 0 Å². The Morgan fingerprint density at radius 3 is 2.32 bits per heavy atom. The van der Waals surface area contributed by atoms with Gasteiger partial charge in [-0.05, 0) is 56.5 Å². The molecule has 11 nitrogen and oxygen atoms in total. The number of Topliss-reactive ketones (excluding diaryl/α,β-unsaturated/α-hetero) is 1. The SMILES string of the molecule is CCOC(=O)C1=C(C)NC2=C(C(=O)[C@@H](C(=O)OCC)[C@H](c3ccccc3)C2)[C@@H]1c1ccc(OC)c(COc2ccccc2[N+](=O)[O-])c1. The number of rotatable bonds is 11. The molecule has 0 fully saturated rings. The number of nitrogens with one attached hydrogen (secondary N) is 1. The van der Waals surface area contributed by atoms with Crippen LogP contribution in [0.3, 0.4) is 0 Å². The number of nitro groups is 1. The highest BCUT2D eigenvalue weighted by molar-refractivity contribution is 6.13. The first-order chi connectivity index (χ1) is 22.7. The minimum absolute atomic E-state index is 0.0754. The Morgan fingerprint density at radius 2 is 1.64 bits per heavy atom. The first-order valence-corrected chi connectivity index (χ1v) is 15.4. The van der Waals surface area contributed by atoms with Gasteiger partial charge in [-0.2, -0.15) is 0 Å². The van der Waals surface area contributed by atoms with Gasteiger partial charge in [0.1, 0.15) is 18.3 Å². The molecular formula is C36H36N2O9. The summed E-state index contributed by atoms with van der Waals surface area (Å²) in [5, 5.41) is 14.9. The van der Waals surface area contributed by atoms with Gasteiger partial charge in [-0.1, -0.05) is 48.5 Å². The molecule has 244 valence electrons. The summed E-state index contributed by atoms with van der Waals surface area (Å²) < 4.78 is 22.4. The van der Waals surface area contributed by atoms with Crippen LogP contribution >= 0.6 is 0 Å². The van der Waals surface area contributed by atoms with E-state index in [9.17, 15) is 24.5 Å². The average Bonchev–Trinajstić information content (AvgIpc) is 3.07. The molecule has 3 aromatic carbocycles. The second kappa shape index (κ2) is 14.3. The number of allylic oxidation sites excluding steroid dienone is 3. The summed E-state index contributed by atoms with van der Waals surface area (Å²) in [5.74, 6) is -3.69. The molecule has 0 amide bonds. The van der Waals surface area contributed by atoms with Crippen molar-refractivity contribution in [3.63, 3.8) is 0 Å². The summed E-state index contributed by atoms with van der Waals surface area (Å²) >= 11 is 0. The highest BCUT2D eigenvalue weighted by Crippen LogP contribution is 2.48. The Balaban J connectivity index is 1.64. The minimum Gasteiger partial charge on any atom is -0.496 e. The molecule has 3 aromatic rings. The molecule has 5 rings (SSSR count). The monoisotopic (exact) mass is 640 g/mol. The normalized spacial score (nSPS) is 19.0. The summed E-state index contributed by atoms with van der Waals surface area (Å²) in [6.45, 7) is 5.25. The van der Waals surface area contributed by atoms with E-state index >= 15 is 0 Å². The van der Waals surface area contributed by atoms with Crippen LogP contribution in [0.15, 0.2) is 95.3 Å². The third kappa shape index (κ3) is 6.60. The van der Waals surface area contributed by atoms with Crippen molar-refractivity contribution in [2.24, 2.45) is 5.92 Å². The zero-order valence-electron chi connectivity index (χ0n) is 26.6. The number of carbonyl (C=O) groups is 3. The summed E-state index contributed by atoms with van der Waals surface area (Å²) in [6.07, 6.45) is 0.322. The number of esters is 2. The Hall–Kier alpha value is -5.45. The van der Waals surface area contributed by atoms with Crippen LogP contribution in [0.2, 0.25) is 0 Å². The number of methoxy groups -OCH3 is 1. The van der Waals surface area contributed by atoms with Crippen LogP contribution in [0.25, 0.3) is 0 Å². The van der Waals surface area contributed by atoms with Crippen LogP contribution in [0.4, 0.5) is 5.69 Å².